The Labute approximate surface area is 309 Å². The number of hydrogen-bond donors (Lipinski definition) is 4. The van der Waals surface area contributed by atoms with E-state index in [9.17, 15) is 38.9 Å². The molecule has 0 radical (unpaired) electrons. The summed E-state index contributed by atoms with van der Waals surface area (Å²) < 4.78 is 101. The smallest absolute Gasteiger partial charge is 0.294 e. The first kappa shape index (κ1) is 41.6. The average Bonchev–Trinajstić information content (AvgIpc) is 3.38. The van der Waals surface area contributed by atoms with Gasteiger partial charge < -0.3 is 10.6 Å². The first-order valence-corrected chi connectivity index (χ1v) is 22.2. The van der Waals surface area contributed by atoms with Crippen molar-refractivity contribution in [3.05, 3.63) is 89.2 Å². The van der Waals surface area contributed by atoms with Crippen molar-refractivity contribution in [2.45, 2.75) is 88.4 Å². The van der Waals surface area contributed by atoms with Crippen LogP contribution in [0.15, 0.2) is 77.4 Å². The van der Waals surface area contributed by atoms with Gasteiger partial charge in [0.15, 0.2) is 5.71 Å². The highest BCUT2D eigenvalue weighted by Crippen LogP contribution is 2.51. The summed E-state index contributed by atoms with van der Waals surface area (Å²) in [6.07, 6.45) is 14.8. The summed E-state index contributed by atoms with van der Waals surface area (Å²) in [5.74, 6) is -0.795. The van der Waals surface area contributed by atoms with Crippen LogP contribution >= 0.6 is 0 Å². The highest BCUT2D eigenvalue weighted by Gasteiger charge is 2.45. The van der Waals surface area contributed by atoms with Gasteiger partial charge in [0, 0.05) is 47.5 Å². The van der Waals surface area contributed by atoms with Crippen molar-refractivity contribution in [1.82, 2.24) is 0 Å². The Balaban J connectivity index is 1.72. The molecular weight excluding hydrogens is 727 g/mol. The third kappa shape index (κ3) is 10.1. The number of rotatable bonds is 18. The van der Waals surface area contributed by atoms with Crippen LogP contribution in [0.2, 0.25) is 0 Å². The molecule has 0 fully saturated rings. The van der Waals surface area contributed by atoms with E-state index >= 15 is 0 Å². The van der Waals surface area contributed by atoms with Crippen molar-refractivity contribution in [3.8, 4) is 0 Å². The zero-order valence-corrected chi connectivity index (χ0v) is 32.8. The van der Waals surface area contributed by atoms with E-state index in [1.54, 1.807) is 6.07 Å². The molecule has 0 spiro atoms. The number of allylic oxidation sites excluding steroid dienone is 6. The van der Waals surface area contributed by atoms with Gasteiger partial charge in [0.1, 0.15) is 6.54 Å². The van der Waals surface area contributed by atoms with E-state index in [0.29, 0.717) is 24.3 Å². The maximum absolute atomic E-state index is 12.0. The van der Waals surface area contributed by atoms with Crippen LogP contribution in [0.1, 0.15) is 82.4 Å². The van der Waals surface area contributed by atoms with E-state index < -0.39 is 41.5 Å². The summed E-state index contributed by atoms with van der Waals surface area (Å²) in [7, 11) is -12.8. The predicted octanol–water partition coefficient (Wildman–Crippen LogP) is 5.86. The van der Waals surface area contributed by atoms with Gasteiger partial charge in [-0.15, -0.1) is 0 Å². The fourth-order valence-corrected chi connectivity index (χ4v) is 8.87. The molecule has 0 saturated heterocycles. The van der Waals surface area contributed by atoms with Gasteiger partial charge in [0.25, 0.3) is 30.4 Å². The molecule has 286 valence electrons. The van der Waals surface area contributed by atoms with E-state index in [4.69, 9.17) is 5.73 Å². The number of nitrogens with zero attached hydrogens (tertiary/aromatic N) is 2. The fraction of sp³-hybridized carbons (Fsp3) is 0.486. The van der Waals surface area contributed by atoms with Gasteiger partial charge in [-0.3, -0.25) is 13.7 Å². The lowest BCUT2D eigenvalue weighted by molar-refractivity contribution is -0.437. The van der Waals surface area contributed by atoms with E-state index in [-0.39, 0.29) is 35.4 Å². The maximum Gasteiger partial charge on any atom is 0.294 e. The normalized spacial score (nSPS) is 19.8. The molecule has 12 nitrogen and oxygen atoms in total. The Morgan fingerprint density at radius 3 is 2.12 bits per heavy atom. The van der Waals surface area contributed by atoms with Gasteiger partial charge in [0.05, 0.1) is 21.8 Å². The first-order chi connectivity index (χ1) is 24.2. The molecule has 2 aliphatic rings. The lowest BCUT2D eigenvalue weighted by Crippen LogP contribution is -2.30. The molecule has 1 atom stereocenters. The second-order valence-corrected chi connectivity index (χ2v) is 18.9. The second kappa shape index (κ2) is 16.5. The summed E-state index contributed by atoms with van der Waals surface area (Å²) in [4.78, 5) is 1.90. The largest absolute Gasteiger partial charge is 0.344 e. The molecule has 52 heavy (non-hydrogen) atoms. The number of nitrogens with two attached hydrogens (primary N) is 1. The summed E-state index contributed by atoms with van der Waals surface area (Å²) in [5.41, 5.74) is 11.0. The number of hydrogen-bond acceptors (Lipinski definition) is 8. The van der Waals surface area contributed by atoms with Gasteiger partial charge in [-0.1, -0.05) is 55.2 Å². The minimum atomic E-state index is -4.47. The molecular formula is C37H52N3O9S3+. The molecule has 2 aliphatic heterocycles. The molecule has 0 saturated carbocycles. The Hall–Kier alpha value is -3.18. The molecule has 4 rings (SSSR count). The van der Waals surface area contributed by atoms with Crippen LogP contribution in [0, 0.1) is 6.92 Å². The lowest BCUT2D eigenvalue weighted by atomic mass is 9.76. The van der Waals surface area contributed by atoms with Crippen molar-refractivity contribution in [2.75, 3.05) is 36.0 Å². The molecule has 0 aliphatic carbocycles. The number of fused-ring (bicyclic) bond motifs is 2. The average molecular weight is 779 g/mol. The van der Waals surface area contributed by atoms with Crippen LogP contribution in [0.4, 0.5) is 11.4 Å². The molecule has 0 aromatic heterocycles. The van der Waals surface area contributed by atoms with Gasteiger partial charge in [0.2, 0.25) is 5.69 Å². The van der Waals surface area contributed by atoms with Gasteiger partial charge >= 0.3 is 0 Å². The van der Waals surface area contributed by atoms with Crippen LogP contribution in [-0.4, -0.2) is 80.3 Å². The van der Waals surface area contributed by atoms with Crippen LogP contribution in [0.3, 0.4) is 0 Å². The number of aryl methyl sites for hydroxylation is 1. The van der Waals surface area contributed by atoms with Crippen molar-refractivity contribution in [1.29, 1.82) is 0 Å². The number of unbranched alkanes of at least 4 members (excludes halogenated alkanes) is 3. The number of benzene rings is 2. The standard InChI is InChI=1S/C37H51N3O9S3/c1-28-16-18-33-31(26-28)37(4,20-10-5-6-11-21-38)35(40(33)23-13-25-51(44,45)46)15-9-7-8-14-34-36(2,3)30-27-29(52(47,48)49)17-19-32(30)39(34)22-12-24-50(41,42)43/h7-9,14-19,26-27H,5-6,10-13,20-25,38H2,1-4H3,(H2-,41,42,43,44,45,46,47,48,49)/p+1. The zero-order valence-electron chi connectivity index (χ0n) is 30.3. The third-order valence-electron chi connectivity index (χ3n) is 9.98. The van der Waals surface area contributed by atoms with E-state index in [2.05, 4.69) is 24.0 Å². The Morgan fingerprint density at radius 1 is 0.788 bits per heavy atom. The van der Waals surface area contributed by atoms with Crippen molar-refractivity contribution in [2.24, 2.45) is 5.73 Å². The monoisotopic (exact) mass is 778 g/mol. The molecule has 1 unspecified atom stereocenters. The SMILES string of the molecule is Cc1ccc2c(c1)C(C)(CCCCCCN)C(=CC=CC=CC1=[N+](CCCS(=O)(=O)O)c3ccc(S(=O)(=O)O)cc3C1(C)C)N2CCCS(=O)(=O)O. The van der Waals surface area contributed by atoms with Crippen LogP contribution in [-0.2, 0) is 41.2 Å². The topological polar surface area (TPSA) is 195 Å². The Morgan fingerprint density at radius 2 is 1.46 bits per heavy atom. The minimum absolute atomic E-state index is 0.117. The molecule has 2 aromatic rings. The Bertz CT molecular complexity index is 2100. The van der Waals surface area contributed by atoms with E-state index in [1.807, 2.05) is 61.8 Å². The quantitative estimate of drug-likeness (QED) is 0.0613. The Kier molecular flexibility index (Phi) is 13.2. The molecule has 0 amide bonds. The summed E-state index contributed by atoms with van der Waals surface area (Å²) in [6, 6.07) is 10.6. The van der Waals surface area contributed by atoms with Gasteiger partial charge in [-0.2, -0.15) is 29.8 Å². The highest BCUT2D eigenvalue weighted by molar-refractivity contribution is 7.86. The minimum Gasteiger partial charge on any atom is -0.344 e. The third-order valence-corrected chi connectivity index (χ3v) is 12.4. The first-order valence-electron chi connectivity index (χ1n) is 17.5. The molecule has 5 N–H and O–H groups in total. The number of anilines is 1. The van der Waals surface area contributed by atoms with Crippen LogP contribution < -0.4 is 10.6 Å². The summed E-state index contributed by atoms with van der Waals surface area (Å²) in [6.45, 7) is 9.36. The molecule has 0 bridgehead atoms. The summed E-state index contributed by atoms with van der Waals surface area (Å²) >= 11 is 0. The zero-order chi connectivity index (χ0) is 38.5. The van der Waals surface area contributed by atoms with Crippen molar-refractivity contribution in [3.63, 3.8) is 0 Å². The van der Waals surface area contributed by atoms with E-state index in [0.717, 1.165) is 54.8 Å². The van der Waals surface area contributed by atoms with Gasteiger partial charge in [-0.05, 0) is 83.3 Å². The van der Waals surface area contributed by atoms with Crippen LogP contribution in [0.5, 0.6) is 0 Å². The van der Waals surface area contributed by atoms with Crippen LogP contribution in [0.25, 0.3) is 0 Å². The summed E-state index contributed by atoms with van der Waals surface area (Å²) in [5, 5.41) is 0. The maximum atomic E-state index is 12.0. The lowest BCUT2D eigenvalue weighted by Gasteiger charge is -2.30. The predicted molar refractivity (Wildman–Crippen MR) is 206 cm³/mol. The molecule has 2 aromatic carbocycles. The fourth-order valence-electron chi connectivity index (χ4n) is 7.37. The highest BCUT2D eigenvalue weighted by atomic mass is 32.2. The molecule has 2 heterocycles. The van der Waals surface area contributed by atoms with Crippen molar-refractivity contribution >= 4 is 47.4 Å². The second-order valence-electron chi connectivity index (χ2n) is 14.3. The molecule has 15 heteroatoms. The van der Waals surface area contributed by atoms with Crippen molar-refractivity contribution < 1.29 is 43.5 Å². The van der Waals surface area contributed by atoms with Gasteiger partial charge in [-0.25, -0.2) is 0 Å². The van der Waals surface area contributed by atoms with E-state index in [1.165, 1.54) is 17.7 Å².